The second-order valence-electron chi connectivity index (χ2n) is 17.1. The van der Waals surface area contributed by atoms with E-state index in [9.17, 15) is 38.3 Å². The summed E-state index contributed by atoms with van der Waals surface area (Å²) in [7, 11) is 0. The van der Waals surface area contributed by atoms with Gasteiger partial charge in [-0.1, -0.05) is 168 Å². The maximum absolute atomic E-state index is 14.8. The van der Waals surface area contributed by atoms with Crippen molar-refractivity contribution in [2.75, 3.05) is 23.4 Å². The first-order valence-corrected chi connectivity index (χ1v) is 25.9. The minimum Gasteiger partial charge on any atom is -0.481 e. The van der Waals surface area contributed by atoms with E-state index < -0.39 is 53.7 Å². The Morgan fingerprint density at radius 3 is 1.55 bits per heavy atom. The molecule has 1 aromatic carbocycles. The molecule has 64 heavy (non-hydrogen) atoms. The van der Waals surface area contributed by atoms with Crippen molar-refractivity contribution in [3.05, 3.63) is 29.6 Å². The van der Waals surface area contributed by atoms with Crippen LogP contribution in [0.5, 0.6) is 0 Å². The molecule has 2 atom stereocenters. The zero-order valence-corrected chi connectivity index (χ0v) is 40.2. The van der Waals surface area contributed by atoms with Gasteiger partial charge in [-0.25, -0.2) is 9.18 Å². The normalized spacial score (nSPS) is 12.0. The highest BCUT2D eigenvalue weighted by atomic mass is 32.2. The van der Waals surface area contributed by atoms with Crippen LogP contribution in [0.1, 0.15) is 223 Å². The fourth-order valence-corrected chi connectivity index (χ4v) is 8.26. The number of aliphatic carboxylic acids is 2. The van der Waals surface area contributed by atoms with E-state index in [4.69, 9.17) is 14.6 Å². The van der Waals surface area contributed by atoms with Gasteiger partial charge in [-0.2, -0.15) is 11.8 Å². The number of esters is 2. The van der Waals surface area contributed by atoms with Gasteiger partial charge < -0.3 is 30.3 Å². The summed E-state index contributed by atoms with van der Waals surface area (Å²) in [5, 5.41) is 22.8. The molecule has 0 aliphatic heterocycles. The standard InChI is InChI=1S/C50H83FN2O10S/c1-3-5-7-9-11-13-15-17-19-21-23-25-27-29-47(57)62-38-41(63-48(58)30-28-26-24-22-20-18-16-14-12-10-8-6-4-2)39-64-36-35-45(54)52-40-31-32-42(43(51)37-40)49(59)53-44(50(60)61)33-34-46(55)56/h31-32,37,41,44H,3-30,33-36,38-39H2,1-2H3,(H,52,54)(H,53,59)(H,55,56)(H,60,61). The topological polar surface area (TPSA) is 185 Å². The molecular formula is C50H83FN2O10S. The van der Waals surface area contributed by atoms with Gasteiger partial charge in [0.05, 0.1) is 5.56 Å². The molecule has 4 N–H and O–H groups in total. The first-order chi connectivity index (χ1) is 31.0. The fraction of sp³-hybridized carbons (Fsp3) is 0.760. The molecule has 14 heteroatoms. The Balaban J connectivity index is 2.53. The number of hydrogen-bond acceptors (Lipinski definition) is 9. The van der Waals surface area contributed by atoms with E-state index in [2.05, 4.69) is 24.5 Å². The van der Waals surface area contributed by atoms with E-state index in [-0.39, 0.29) is 43.5 Å². The molecule has 0 saturated heterocycles. The molecule has 0 fully saturated rings. The van der Waals surface area contributed by atoms with E-state index >= 15 is 0 Å². The molecule has 0 saturated carbocycles. The first kappa shape index (κ1) is 58.3. The highest BCUT2D eigenvalue weighted by Gasteiger charge is 2.24. The summed E-state index contributed by atoms with van der Waals surface area (Å²) in [6.07, 6.45) is 30.5. The molecule has 0 aliphatic carbocycles. The molecule has 0 spiro atoms. The van der Waals surface area contributed by atoms with Gasteiger partial charge in [0.2, 0.25) is 5.91 Å². The highest BCUT2D eigenvalue weighted by Crippen LogP contribution is 2.19. The summed E-state index contributed by atoms with van der Waals surface area (Å²) in [6.45, 7) is 4.42. The summed E-state index contributed by atoms with van der Waals surface area (Å²) in [5.41, 5.74) is -0.380. The van der Waals surface area contributed by atoms with Gasteiger partial charge in [0.1, 0.15) is 24.6 Å². The van der Waals surface area contributed by atoms with Gasteiger partial charge in [-0.05, 0) is 37.5 Å². The van der Waals surface area contributed by atoms with Crippen molar-refractivity contribution in [1.82, 2.24) is 5.32 Å². The zero-order chi connectivity index (χ0) is 47.0. The number of halogens is 1. The summed E-state index contributed by atoms with van der Waals surface area (Å²) in [6, 6.07) is 1.82. The van der Waals surface area contributed by atoms with Gasteiger partial charge in [0.25, 0.3) is 5.91 Å². The molecule has 12 nitrogen and oxygen atoms in total. The van der Waals surface area contributed by atoms with Crippen molar-refractivity contribution in [2.45, 2.75) is 225 Å². The number of carboxylic acids is 2. The number of anilines is 1. The molecule has 366 valence electrons. The smallest absolute Gasteiger partial charge is 0.326 e. The van der Waals surface area contributed by atoms with Crippen LogP contribution in [0, 0.1) is 5.82 Å². The van der Waals surface area contributed by atoms with Gasteiger partial charge in [-0.15, -0.1) is 0 Å². The van der Waals surface area contributed by atoms with Crippen LogP contribution >= 0.6 is 11.8 Å². The van der Waals surface area contributed by atoms with Crippen LogP contribution in [0.15, 0.2) is 18.2 Å². The summed E-state index contributed by atoms with van der Waals surface area (Å²) in [4.78, 5) is 72.9. The number of thioether (sulfide) groups is 1. The van der Waals surface area contributed by atoms with Crippen molar-refractivity contribution in [3.63, 3.8) is 0 Å². The maximum Gasteiger partial charge on any atom is 0.326 e. The number of hydrogen-bond donors (Lipinski definition) is 4. The van der Waals surface area contributed by atoms with Gasteiger partial charge >= 0.3 is 23.9 Å². The third-order valence-electron chi connectivity index (χ3n) is 11.2. The minimum atomic E-state index is -1.52. The van der Waals surface area contributed by atoms with Gasteiger partial charge in [0, 0.05) is 42.9 Å². The highest BCUT2D eigenvalue weighted by molar-refractivity contribution is 7.99. The maximum atomic E-state index is 14.8. The van der Waals surface area contributed by atoms with Crippen LogP contribution in [-0.4, -0.2) is 76.2 Å². The Hall–Kier alpha value is -3.68. The Kier molecular flexibility index (Phi) is 36.2. The lowest BCUT2D eigenvalue weighted by molar-refractivity contribution is -0.157. The average molecular weight is 923 g/mol. The Morgan fingerprint density at radius 2 is 1.09 bits per heavy atom. The van der Waals surface area contributed by atoms with Crippen molar-refractivity contribution < 1.29 is 52.8 Å². The molecule has 2 amide bonds. The van der Waals surface area contributed by atoms with Crippen molar-refractivity contribution in [2.24, 2.45) is 0 Å². The van der Waals surface area contributed by atoms with E-state index in [1.807, 2.05) is 0 Å². The quantitative estimate of drug-likeness (QED) is 0.0361. The van der Waals surface area contributed by atoms with E-state index in [0.29, 0.717) is 17.9 Å². The van der Waals surface area contributed by atoms with Crippen molar-refractivity contribution >= 4 is 53.1 Å². The predicted molar refractivity (Wildman–Crippen MR) is 254 cm³/mol. The second kappa shape index (κ2) is 39.7. The number of carbonyl (C=O) groups excluding carboxylic acids is 4. The SMILES string of the molecule is CCCCCCCCCCCCCCCC(=O)OCC(CSCCC(=O)Nc1ccc(C(=O)NC(CCC(=O)O)C(=O)O)c(F)c1)OC(=O)CCCCCCCCCCCCCCC. The number of benzene rings is 1. The number of carbonyl (C=O) groups is 6. The number of unbranched alkanes of at least 4 members (excludes halogenated alkanes) is 24. The van der Waals surface area contributed by atoms with Crippen molar-refractivity contribution in [3.8, 4) is 0 Å². The number of ether oxygens (including phenoxy) is 2. The van der Waals surface area contributed by atoms with Crippen LogP contribution in [-0.2, 0) is 33.4 Å². The lowest BCUT2D eigenvalue weighted by atomic mass is 10.0. The number of carboxylic acid groups (broad SMARTS) is 2. The first-order valence-electron chi connectivity index (χ1n) is 24.7. The van der Waals surface area contributed by atoms with E-state index in [1.54, 1.807) is 0 Å². The molecule has 1 rings (SSSR count). The average Bonchev–Trinajstić information content (AvgIpc) is 3.25. The largest absolute Gasteiger partial charge is 0.481 e. The summed E-state index contributed by atoms with van der Waals surface area (Å²) < 4.78 is 26.2. The second-order valence-corrected chi connectivity index (χ2v) is 18.3. The molecule has 1 aromatic rings. The molecule has 0 aliphatic rings. The van der Waals surface area contributed by atoms with Gasteiger partial charge in [-0.3, -0.25) is 24.0 Å². The number of rotatable bonds is 43. The van der Waals surface area contributed by atoms with Crippen LogP contribution in [0.25, 0.3) is 0 Å². The number of nitrogens with one attached hydrogen (secondary N) is 2. The molecule has 0 aromatic heterocycles. The van der Waals surface area contributed by atoms with Crippen LogP contribution in [0.4, 0.5) is 10.1 Å². The van der Waals surface area contributed by atoms with Crippen LogP contribution in [0.3, 0.4) is 0 Å². The van der Waals surface area contributed by atoms with Crippen LogP contribution < -0.4 is 10.6 Å². The lowest BCUT2D eigenvalue weighted by Gasteiger charge is -2.18. The summed E-state index contributed by atoms with van der Waals surface area (Å²) >= 11 is 1.36. The predicted octanol–water partition coefficient (Wildman–Crippen LogP) is 12.4. The Labute approximate surface area is 388 Å². The monoisotopic (exact) mass is 923 g/mol. The molecular weight excluding hydrogens is 840 g/mol. The molecule has 2 unspecified atom stereocenters. The van der Waals surface area contributed by atoms with Gasteiger partial charge in [0.15, 0.2) is 0 Å². The third kappa shape index (κ3) is 32.9. The summed E-state index contributed by atoms with van der Waals surface area (Å²) in [5.74, 6) is -5.16. The van der Waals surface area contributed by atoms with E-state index in [0.717, 1.165) is 57.1 Å². The van der Waals surface area contributed by atoms with Crippen LogP contribution in [0.2, 0.25) is 0 Å². The zero-order valence-electron chi connectivity index (χ0n) is 39.4. The lowest BCUT2D eigenvalue weighted by Crippen LogP contribution is -2.41. The Bertz CT molecular complexity index is 1450. The third-order valence-corrected chi connectivity index (χ3v) is 12.3. The molecule has 0 heterocycles. The number of amides is 2. The minimum absolute atomic E-state index is 0.0385. The fourth-order valence-electron chi connectivity index (χ4n) is 7.33. The molecule has 0 radical (unpaired) electrons. The molecule has 0 bridgehead atoms. The van der Waals surface area contributed by atoms with Crippen molar-refractivity contribution in [1.29, 1.82) is 0 Å². The Morgan fingerprint density at radius 1 is 0.625 bits per heavy atom. The van der Waals surface area contributed by atoms with E-state index in [1.165, 1.54) is 140 Å².